The van der Waals surface area contributed by atoms with Crippen LogP contribution in [-0.4, -0.2) is 37.7 Å². The molecule has 1 aliphatic carbocycles. The van der Waals surface area contributed by atoms with E-state index >= 15 is 0 Å². The first-order chi connectivity index (χ1) is 19.2. The molecule has 1 aromatic carbocycles. The zero-order chi connectivity index (χ0) is 29.7. The molecule has 2 N–H and O–H groups in total. The number of halogens is 5. The molecule has 0 amide bonds. The first kappa shape index (κ1) is 28.9. The van der Waals surface area contributed by atoms with Crippen LogP contribution in [0.3, 0.4) is 0 Å². The van der Waals surface area contributed by atoms with E-state index in [1.807, 2.05) is 0 Å². The van der Waals surface area contributed by atoms with Gasteiger partial charge in [0.05, 0.1) is 34.0 Å². The third-order valence-electron chi connectivity index (χ3n) is 7.14. The number of alkyl halides is 3. The molecule has 13 heteroatoms. The molecule has 0 aliphatic heterocycles. The van der Waals surface area contributed by atoms with Gasteiger partial charge in [-0.3, -0.25) is 4.98 Å². The Kier molecular flexibility index (Phi) is 7.28. The topological polar surface area (TPSA) is 104 Å². The standard InChI is InChI=1S/C28H27Cl2F3N8/c1-15-18(5-8-35-25(15)30)24(21-13-41(40-39-21)27(6-7-27)28(31,32)33)38-17-9-19-22(37-14-26(2,3)4)16(11-34)12-36-23(19)20(29)10-17/h5,8-10,12-13,24,38H,6-7,14H2,1-4H3,(H,36,37)/t24-/m0/s1. The van der Waals surface area contributed by atoms with Gasteiger partial charge in [0, 0.05) is 30.0 Å². The highest BCUT2D eigenvalue weighted by Gasteiger charge is 2.66. The summed E-state index contributed by atoms with van der Waals surface area (Å²) >= 11 is 13.0. The predicted molar refractivity (Wildman–Crippen MR) is 152 cm³/mol. The molecule has 5 rings (SSSR count). The molecule has 1 fully saturated rings. The Balaban J connectivity index is 1.62. The van der Waals surface area contributed by atoms with Crippen LogP contribution in [0.15, 0.2) is 36.8 Å². The summed E-state index contributed by atoms with van der Waals surface area (Å²) in [6, 6.07) is 6.63. The summed E-state index contributed by atoms with van der Waals surface area (Å²) in [4.78, 5) is 8.51. The minimum Gasteiger partial charge on any atom is -0.383 e. The van der Waals surface area contributed by atoms with E-state index in [4.69, 9.17) is 23.2 Å². The molecule has 214 valence electrons. The summed E-state index contributed by atoms with van der Waals surface area (Å²) in [5, 5.41) is 25.8. The van der Waals surface area contributed by atoms with Gasteiger partial charge in [0.25, 0.3) is 0 Å². The van der Waals surface area contributed by atoms with Crippen LogP contribution < -0.4 is 10.6 Å². The predicted octanol–water partition coefficient (Wildman–Crippen LogP) is 7.42. The highest BCUT2D eigenvalue weighted by molar-refractivity contribution is 6.36. The van der Waals surface area contributed by atoms with Crippen LogP contribution in [0.25, 0.3) is 10.9 Å². The van der Waals surface area contributed by atoms with Crippen LogP contribution in [-0.2, 0) is 5.54 Å². The Morgan fingerprint density at radius 3 is 2.54 bits per heavy atom. The van der Waals surface area contributed by atoms with E-state index in [0.717, 1.165) is 4.68 Å². The SMILES string of the molecule is Cc1c([C@H](Nc2cc(Cl)c3ncc(C#N)c(NCC(C)(C)C)c3c2)c2cn(C3(C(F)(F)F)CC3)nn2)ccnc1Cl. The Morgan fingerprint density at radius 2 is 1.90 bits per heavy atom. The van der Waals surface area contributed by atoms with Crippen molar-refractivity contribution in [3.05, 3.63) is 69.3 Å². The van der Waals surface area contributed by atoms with Gasteiger partial charge < -0.3 is 10.6 Å². The quantitative estimate of drug-likeness (QED) is 0.212. The van der Waals surface area contributed by atoms with Gasteiger partial charge >= 0.3 is 6.18 Å². The summed E-state index contributed by atoms with van der Waals surface area (Å²) in [7, 11) is 0. The summed E-state index contributed by atoms with van der Waals surface area (Å²) in [5.41, 5.74) is 1.39. The molecular weight excluding hydrogens is 576 g/mol. The van der Waals surface area contributed by atoms with Crippen molar-refractivity contribution >= 4 is 45.5 Å². The maximum Gasteiger partial charge on any atom is 0.413 e. The number of rotatable bonds is 7. The van der Waals surface area contributed by atoms with Crippen molar-refractivity contribution in [3.63, 3.8) is 0 Å². The van der Waals surface area contributed by atoms with Gasteiger partial charge in [-0.05, 0) is 54.5 Å². The third-order valence-corrected chi connectivity index (χ3v) is 7.81. The first-order valence-corrected chi connectivity index (χ1v) is 13.6. The van der Waals surface area contributed by atoms with Gasteiger partial charge in [-0.15, -0.1) is 5.10 Å². The number of pyridine rings is 2. The maximum atomic E-state index is 13.8. The molecule has 3 aromatic heterocycles. The summed E-state index contributed by atoms with van der Waals surface area (Å²) < 4.78 is 42.4. The van der Waals surface area contributed by atoms with Crippen LogP contribution in [0, 0.1) is 23.7 Å². The smallest absolute Gasteiger partial charge is 0.383 e. The van der Waals surface area contributed by atoms with Gasteiger partial charge in [-0.2, -0.15) is 18.4 Å². The second-order valence-electron chi connectivity index (χ2n) is 11.4. The molecule has 0 bridgehead atoms. The lowest BCUT2D eigenvalue weighted by Crippen LogP contribution is -2.35. The summed E-state index contributed by atoms with van der Waals surface area (Å²) in [6.07, 6.45) is -0.255. The van der Waals surface area contributed by atoms with Crippen molar-refractivity contribution in [1.29, 1.82) is 5.26 Å². The fourth-order valence-corrected chi connectivity index (χ4v) is 5.10. The highest BCUT2D eigenvalue weighted by Crippen LogP contribution is 2.55. The minimum atomic E-state index is -4.45. The molecule has 8 nitrogen and oxygen atoms in total. The molecule has 0 unspecified atom stereocenters. The van der Waals surface area contributed by atoms with E-state index in [9.17, 15) is 18.4 Å². The maximum absolute atomic E-state index is 13.8. The third kappa shape index (κ3) is 5.51. The average molecular weight is 603 g/mol. The van der Waals surface area contributed by atoms with Crippen molar-refractivity contribution in [2.24, 2.45) is 5.41 Å². The van der Waals surface area contributed by atoms with E-state index in [1.54, 1.807) is 25.1 Å². The zero-order valence-corrected chi connectivity index (χ0v) is 24.2. The van der Waals surface area contributed by atoms with Gasteiger partial charge in [-0.25, -0.2) is 9.67 Å². The molecule has 4 aromatic rings. The lowest BCUT2D eigenvalue weighted by molar-refractivity contribution is -0.182. The lowest BCUT2D eigenvalue weighted by Gasteiger charge is -2.23. The van der Waals surface area contributed by atoms with Crippen molar-refractivity contribution in [2.75, 3.05) is 17.2 Å². The fourth-order valence-electron chi connectivity index (χ4n) is 4.67. The number of aromatic nitrogens is 5. The van der Waals surface area contributed by atoms with Crippen molar-refractivity contribution in [3.8, 4) is 6.07 Å². The first-order valence-electron chi connectivity index (χ1n) is 12.9. The Morgan fingerprint density at radius 1 is 1.17 bits per heavy atom. The molecule has 1 saturated carbocycles. The van der Waals surface area contributed by atoms with Crippen molar-refractivity contribution in [2.45, 2.75) is 58.3 Å². The zero-order valence-electron chi connectivity index (χ0n) is 22.7. The molecule has 0 spiro atoms. The number of hydrogen-bond acceptors (Lipinski definition) is 7. The van der Waals surface area contributed by atoms with Crippen molar-refractivity contribution in [1.82, 2.24) is 25.0 Å². The van der Waals surface area contributed by atoms with Gasteiger partial charge in [0.15, 0.2) is 5.54 Å². The molecule has 3 heterocycles. The molecule has 41 heavy (non-hydrogen) atoms. The molecule has 0 radical (unpaired) electrons. The minimum absolute atomic E-state index is 0.0592. The molecule has 1 atom stereocenters. The Labute approximate surface area is 244 Å². The monoisotopic (exact) mass is 602 g/mol. The van der Waals surface area contributed by atoms with E-state index < -0.39 is 17.8 Å². The number of benzene rings is 1. The average Bonchev–Trinajstić information content (AvgIpc) is 3.58. The van der Waals surface area contributed by atoms with E-state index in [1.165, 1.54) is 18.6 Å². The van der Waals surface area contributed by atoms with Crippen LogP contribution in [0.1, 0.15) is 62.0 Å². The number of nitriles is 1. The normalized spacial score (nSPS) is 15.4. The second-order valence-corrected chi connectivity index (χ2v) is 12.2. The van der Waals surface area contributed by atoms with E-state index in [2.05, 4.69) is 57.8 Å². The largest absolute Gasteiger partial charge is 0.413 e. The van der Waals surface area contributed by atoms with E-state index in [0.29, 0.717) is 50.5 Å². The summed E-state index contributed by atoms with van der Waals surface area (Å²) in [6.45, 7) is 8.56. The highest BCUT2D eigenvalue weighted by atomic mass is 35.5. The summed E-state index contributed by atoms with van der Waals surface area (Å²) in [5.74, 6) is 0. The number of anilines is 2. The molecule has 1 aliphatic rings. The Bertz CT molecular complexity index is 1670. The van der Waals surface area contributed by atoms with Crippen LogP contribution in [0.2, 0.25) is 10.2 Å². The molecular formula is C28H27Cl2F3N8. The lowest BCUT2D eigenvalue weighted by atomic mass is 9.96. The number of nitrogens with one attached hydrogen (secondary N) is 2. The number of hydrogen-bond donors (Lipinski definition) is 2. The van der Waals surface area contributed by atoms with Crippen LogP contribution in [0.5, 0.6) is 0 Å². The number of fused-ring (bicyclic) bond motifs is 1. The van der Waals surface area contributed by atoms with Gasteiger partial charge in [0.1, 0.15) is 16.9 Å². The van der Waals surface area contributed by atoms with Gasteiger partial charge in [0.2, 0.25) is 0 Å². The molecule has 0 saturated heterocycles. The van der Waals surface area contributed by atoms with Crippen molar-refractivity contribution < 1.29 is 13.2 Å². The van der Waals surface area contributed by atoms with Crippen LogP contribution in [0.4, 0.5) is 24.5 Å². The second kappa shape index (κ2) is 10.3. The number of nitrogens with zero attached hydrogens (tertiary/aromatic N) is 6. The van der Waals surface area contributed by atoms with Gasteiger partial charge in [-0.1, -0.05) is 49.2 Å². The Hall–Kier alpha value is -3.62. The van der Waals surface area contributed by atoms with E-state index in [-0.39, 0.29) is 29.1 Å². The fraction of sp³-hybridized carbons (Fsp3) is 0.393. The van der Waals surface area contributed by atoms with Crippen LogP contribution >= 0.6 is 23.2 Å².